The van der Waals surface area contributed by atoms with Crippen molar-refractivity contribution in [2.24, 2.45) is 5.73 Å². The Morgan fingerprint density at radius 1 is 1.07 bits per heavy atom. The van der Waals surface area contributed by atoms with E-state index in [0.29, 0.717) is 13.0 Å². The van der Waals surface area contributed by atoms with Crippen LogP contribution in [-0.4, -0.2) is 44.7 Å². The summed E-state index contributed by atoms with van der Waals surface area (Å²) in [6.07, 6.45) is 0.601. The van der Waals surface area contributed by atoms with Gasteiger partial charge in [0, 0.05) is 20.0 Å². The van der Waals surface area contributed by atoms with Crippen LogP contribution in [0.25, 0.3) is 0 Å². The van der Waals surface area contributed by atoms with E-state index in [4.69, 9.17) is 10.2 Å². The topological polar surface area (TPSA) is 111 Å². The lowest BCUT2D eigenvalue weighted by Crippen LogP contribution is -2.54. The molecule has 0 saturated carbocycles. The number of amides is 3. The molecule has 0 unspecified atom stereocenters. The summed E-state index contributed by atoms with van der Waals surface area (Å²) >= 11 is 0. The molecule has 0 radical (unpaired) electrons. The van der Waals surface area contributed by atoms with Gasteiger partial charge in [-0.3, -0.25) is 14.4 Å². The van der Waals surface area contributed by atoms with Crippen molar-refractivity contribution >= 4 is 26.0 Å². The number of carbonyl (C=O) groups excluding carboxylic acids is 3. The molecule has 0 aromatic heterocycles. The first-order valence-electron chi connectivity index (χ1n) is 9.88. The number of hydrogen-bond acceptors (Lipinski definition) is 4. The van der Waals surface area contributed by atoms with Crippen LogP contribution >= 0.6 is 0 Å². The molecule has 1 aromatic rings. The molecule has 0 aliphatic heterocycles. The summed E-state index contributed by atoms with van der Waals surface area (Å²) in [5.41, 5.74) is 6.39. The van der Waals surface area contributed by atoms with E-state index in [9.17, 15) is 14.4 Å². The van der Waals surface area contributed by atoms with E-state index >= 15 is 0 Å². The minimum Gasteiger partial charge on any atom is -0.417 e. The molecule has 7 nitrogen and oxygen atoms in total. The Labute approximate surface area is 174 Å². The van der Waals surface area contributed by atoms with Crippen molar-refractivity contribution in [3.05, 3.63) is 35.9 Å². The highest BCUT2D eigenvalue weighted by molar-refractivity contribution is 6.74. The molecule has 4 N–H and O–H groups in total. The predicted octanol–water partition coefficient (Wildman–Crippen LogP) is 2.12. The van der Waals surface area contributed by atoms with Crippen LogP contribution in [0.15, 0.2) is 30.3 Å². The minimum absolute atomic E-state index is 0.0463. The first-order chi connectivity index (χ1) is 13.3. The molecule has 0 heterocycles. The zero-order chi connectivity index (χ0) is 22.2. The van der Waals surface area contributed by atoms with Crippen molar-refractivity contribution in [2.45, 2.75) is 70.8 Å². The maximum Gasteiger partial charge on any atom is 0.243 e. The molecule has 29 heavy (non-hydrogen) atoms. The van der Waals surface area contributed by atoms with E-state index < -0.39 is 32.2 Å². The first-order valence-corrected chi connectivity index (χ1v) is 12.8. The van der Waals surface area contributed by atoms with Crippen LogP contribution in [0.5, 0.6) is 0 Å². The van der Waals surface area contributed by atoms with Crippen LogP contribution in [0.1, 0.15) is 39.7 Å². The standard InChI is InChI=1S/C21H35N3O4Si/c1-15(25)23-18(14-16-10-8-7-9-11-16)20(27)24-17(19(22)26)12-13-28-29(5,6)21(2,3)4/h7-11,17-18H,12-14H2,1-6H3,(H2,22,26)(H,23,25)(H,24,27)/t17-,18+/m1/s1. The average Bonchev–Trinajstić information content (AvgIpc) is 2.59. The fourth-order valence-corrected chi connectivity index (χ4v) is 3.57. The van der Waals surface area contributed by atoms with E-state index in [0.717, 1.165) is 5.56 Å². The Bertz CT molecular complexity index is 702. The van der Waals surface area contributed by atoms with Gasteiger partial charge < -0.3 is 20.8 Å². The molecule has 0 fully saturated rings. The molecule has 3 amide bonds. The molecule has 0 spiro atoms. The van der Waals surface area contributed by atoms with Crippen molar-refractivity contribution < 1.29 is 18.8 Å². The number of primary amides is 1. The van der Waals surface area contributed by atoms with Crippen LogP contribution in [0.3, 0.4) is 0 Å². The summed E-state index contributed by atoms with van der Waals surface area (Å²) in [7, 11) is -1.96. The fourth-order valence-electron chi connectivity index (χ4n) is 2.51. The van der Waals surface area contributed by atoms with Gasteiger partial charge >= 0.3 is 0 Å². The number of nitrogens with one attached hydrogen (secondary N) is 2. The Morgan fingerprint density at radius 2 is 1.66 bits per heavy atom. The van der Waals surface area contributed by atoms with Gasteiger partial charge in [-0.25, -0.2) is 0 Å². The minimum atomic E-state index is -1.96. The number of rotatable bonds is 10. The van der Waals surface area contributed by atoms with Gasteiger partial charge in [-0.15, -0.1) is 0 Å². The Kier molecular flexibility index (Phi) is 9.03. The largest absolute Gasteiger partial charge is 0.417 e. The Balaban J connectivity index is 2.77. The molecule has 1 aromatic carbocycles. The van der Waals surface area contributed by atoms with E-state index in [1.165, 1.54) is 6.92 Å². The van der Waals surface area contributed by atoms with E-state index in [1.54, 1.807) is 0 Å². The lowest BCUT2D eigenvalue weighted by molar-refractivity contribution is -0.131. The average molecular weight is 422 g/mol. The highest BCUT2D eigenvalue weighted by Crippen LogP contribution is 2.36. The molecular weight excluding hydrogens is 386 g/mol. The molecule has 162 valence electrons. The predicted molar refractivity (Wildman–Crippen MR) is 117 cm³/mol. The van der Waals surface area contributed by atoms with Crippen molar-refractivity contribution in [3.63, 3.8) is 0 Å². The molecular formula is C21H35N3O4Si. The van der Waals surface area contributed by atoms with Crippen molar-refractivity contribution in [1.82, 2.24) is 10.6 Å². The fraction of sp³-hybridized carbons (Fsp3) is 0.571. The first kappa shape index (κ1) is 24.8. The number of nitrogens with two attached hydrogens (primary N) is 1. The second kappa shape index (κ2) is 10.5. The van der Waals surface area contributed by atoms with Crippen LogP contribution in [0.4, 0.5) is 0 Å². The molecule has 8 heteroatoms. The summed E-state index contributed by atoms with van der Waals surface area (Å²) in [4.78, 5) is 36.2. The highest BCUT2D eigenvalue weighted by atomic mass is 28.4. The lowest BCUT2D eigenvalue weighted by atomic mass is 10.0. The number of benzene rings is 1. The Hall–Kier alpha value is -2.19. The third-order valence-electron chi connectivity index (χ3n) is 5.31. The summed E-state index contributed by atoms with van der Waals surface area (Å²) in [5.74, 6) is -1.39. The van der Waals surface area contributed by atoms with Crippen molar-refractivity contribution in [1.29, 1.82) is 0 Å². The molecule has 0 bridgehead atoms. The van der Waals surface area contributed by atoms with Crippen LogP contribution in [0, 0.1) is 0 Å². The maximum atomic E-state index is 12.8. The number of carbonyl (C=O) groups is 3. The third-order valence-corrected chi connectivity index (χ3v) is 9.85. The second-order valence-electron chi connectivity index (χ2n) is 8.80. The summed E-state index contributed by atoms with van der Waals surface area (Å²) in [6, 6.07) is 7.70. The van der Waals surface area contributed by atoms with Gasteiger partial charge in [0.05, 0.1) is 0 Å². The summed E-state index contributed by atoms with van der Waals surface area (Å²) in [6.45, 7) is 12.3. The Morgan fingerprint density at radius 3 is 2.14 bits per heavy atom. The quantitative estimate of drug-likeness (QED) is 0.503. The van der Waals surface area contributed by atoms with Crippen LogP contribution < -0.4 is 16.4 Å². The lowest BCUT2D eigenvalue weighted by Gasteiger charge is -2.36. The van der Waals surface area contributed by atoms with E-state index in [1.807, 2.05) is 30.3 Å². The van der Waals surface area contributed by atoms with Crippen molar-refractivity contribution in [3.8, 4) is 0 Å². The summed E-state index contributed by atoms with van der Waals surface area (Å²) in [5, 5.41) is 5.37. The van der Waals surface area contributed by atoms with E-state index in [2.05, 4.69) is 44.5 Å². The summed E-state index contributed by atoms with van der Waals surface area (Å²) < 4.78 is 6.09. The zero-order valence-electron chi connectivity index (χ0n) is 18.4. The van der Waals surface area contributed by atoms with Crippen LogP contribution in [-0.2, 0) is 25.2 Å². The molecule has 0 aliphatic rings. The van der Waals surface area contributed by atoms with Crippen LogP contribution in [0.2, 0.25) is 18.1 Å². The maximum absolute atomic E-state index is 12.8. The third kappa shape index (κ3) is 8.37. The van der Waals surface area contributed by atoms with Gasteiger partial charge in [-0.1, -0.05) is 51.1 Å². The molecule has 2 atom stereocenters. The highest BCUT2D eigenvalue weighted by Gasteiger charge is 2.37. The zero-order valence-corrected chi connectivity index (χ0v) is 19.4. The normalized spacial score (nSPS) is 14.0. The smallest absolute Gasteiger partial charge is 0.243 e. The molecule has 0 saturated heterocycles. The van der Waals surface area contributed by atoms with Gasteiger partial charge in [0.25, 0.3) is 0 Å². The molecule has 1 rings (SSSR count). The van der Waals surface area contributed by atoms with Gasteiger partial charge in [-0.05, 0) is 30.1 Å². The van der Waals surface area contributed by atoms with Gasteiger partial charge in [0.15, 0.2) is 8.32 Å². The van der Waals surface area contributed by atoms with Crippen molar-refractivity contribution in [2.75, 3.05) is 6.61 Å². The monoisotopic (exact) mass is 421 g/mol. The SMILES string of the molecule is CC(=O)N[C@@H](Cc1ccccc1)C(=O)N[C@H](CCO[Si](C)(C)C(C)(C)C)C(N)=O. The van der Waals surface area contributed by atoms with Gasteiger partial charge in [0.1, 0.15) is 12.1 Å². The molecule has 0 aliphatic carbocycles. The van der Waals surface area contributed by atoms with Gasteiger partial charge in [0.2, 0.25) is 17.7 Å². The van der Waals surface area contributed by atoms with E-state index in [-0.39, 0.29) is 17.4 Å². The second-order valence-corrected chi connectivity index (χ2v) is 13.6. The number of hydrogen-bond donors (Lipinski definition) is 3. The van der Waals surface area contributed by atoms with Gasteiger partial charge in [-0.2, -0.15) is 0 Å².